The van der Waals surface area contributed by atoms with Gasteiger partial charge in [0.1, 0.15) is 0 Å². The molecule has 8 rings (SSSR count). The number of rotatable bonds is 5. The molecule has 0 aliphatic rings. The summed E-state index contributed by atoms with van der Waals surface area (Å²) in [7, 11) is -3.13. The number of aromatic nitrogens is 2. The quantitative estimate of drug-likeness (QED) is 0.132. The Bertz CT molecular complexity index is 2530. The molecular weight excluding hydrogens is 641 g/mol. The van der Waals surface area contributed by atoms with Crippen LogP contribution in [0, 0.1) is 17.9 Å². The molecule has 4 nitrogen and oxygen atoms in total. The van der Waals surface area contributed by atoms with Crippen molar-refractivity contribution in [2.45, 2.75) is 39.3 Å². The van der Waals surface area contributed by atoms with E-state index in [0.29, 0.717) is 11.3 Å². The van der Waals surface area contributed by atoms with Crippen molar-refractivity contribution in [3.8, 4) is 28.6 Å². The van der Waals surface area contributed by atoms with E-state index in [2.05, 4.69) is 144 Å². The Morgan fingerprint density at radius 3 is 1.26 bits per heavy atom. The molecule has 0 unspecified atom stereocenters. The van der Waals surface area contributed by atoms with Crippen LogP contribution in [0.25, 0.3) is 71.0 Å². The molecule has 242 valence electrons. The molecule has 0 fully saturated rings. The maximum absolute atomic E-state index is 9.44. The second-order valence-electron chi connectivity index (χ2n) is 15.4. The van der Waals surface area contributed by atoms with Crippen LogP contribution >= 0.6 is 0 Å². The molecule has 0 atom stereocenters. The standard InChI is InChI=1S/C44H38N4Si2/c1-46-32-12-16-34(17-13-32)48-42-21-11-31(25-38(42)40-27-36(50(5,6)7)19-23-44(40)48)30-10-20-41-37(24-30)39-26-35(49(2,3)4)18-22-43(39)47(41)33-14-8-29(28-45)9-15-33/h8-27H,2-7H3. The van der Waals surface area contributed by atoms with E-state index in [-0.39, 0.29) is 0 Å². The molecule has 2 heterocycles. The SMILES string of the molecule is [C-]#[N+]c1ccc(-n2c3ccc(-c4ccc5c(c4)c4cc([Si](C)(C)C)ccc4n5-c4ccc(C#N)cc4)cc3c3cc([Si](C)(C)C)ccc32)cc1. The van der Waals surface area contributed by atoms with E-state index < -0.39 is 16.1 Å². The van der Waals surface area contributed by atoms with Crippen LogP contribution in [0.1, 0.15) is 5.56 Å². The lowest BCUT2D eigenvalue weighted by Crippen LogP contribution is -2.37. The Kier molecular flexibility index (Phi) is 7.24. The second kappa shape index (κ2) is 11.5. The monoisotopic (exact) mass is 678 g/mol. The van der Waals surface area contributed by atoms with E-state index in [4.69, 9.17) is 6.57 Å². The Labute approximate surface area is 295 Å². The van der Waals surface area contributed by atoms with Gasteiger partial charge in [0, 0.05) is 32.9 Å². The van der Waals surface area contributed by atoms with Crippen LogP contribution in [0.15, 0.2) is 121 Å². The summed E-state index contributed by atoms with van der Waals surface area (Å²) >= 11 is 0. The number of hydrogen-bond acceptors (Lipinski definition) is 1. The van der Waals surface area contributed by atoms with Crippen molar-refractivity contribution in [2.75, 3.05) is 0 Å². The van der Waals surface area contributed by atoms with Gasteiger partial charge in [-0.05, 0) is 83.9 Å². The van der Waals surface area contributed by atoms with Crippen molar-refractivity contribution in [3.63, 3.8) is 0 Å². The van der Waals surface area contributed by atoms with Crippen LogP contribution in [0.2, 0.25) is 39.3 Å². The molecule has 6 aromatic carbocycles. The van der Waals surface area contributed by atoms with Crippen molar-refractivity contribution in [1.29, 1.82) is 5.26 Å². The van der Waals surface area contributed by atoms with Crippen molar-refractivity contribution in [1.82, 2.24) is 9.13 Å². The highest BCUT2D eigenvalue weighted by Gasteiger charge is 2.22. The van der Waals surface area contributed by atoms with Gasteiger partial charge >= 0.3 is 0 Å². The summed E-state index contributed by atoms with van der Waals surface area (Å²) in [4.78, 5) is 3.62. The van der Waals surface area contributed by atoms with Gasteiger partial charge < -0.3 is 9.13 Å². The van der Waals surface area contributed by atoms with Crippen LogP contribution in [0.4, 0.5) is 5.69 Å². The highest BCUT2D eigenvalue weighted by Crippen LogP contribution is 2.38. The van der Waals surface area contributed by atoms with E-state index in [9.17, 15) is 5.26 Å². The highest BCUT2D eigenvalue weighted by molar-refractivity contribution is 6.89. The first-order valence-corrected chi connectivity index (χ1v) is 24.1. The van der Waals surface area contributed by atoms with Gasteiger partial charge in [0.05, 0.1) is 56.4 Å². The molecule has 0 saturated carbocycles. The fourth-order valence-corrected chi connectivity index (χ4v) is 9.58. The molecule has 6 heteroatoms. The summed E-state index contributed by atoms with van der Waals surface area (Å²) in [6, 6.07) is 45.8. The summed E-state index contributed by atoms with van der Waals surface area (Å²) in [5, 5.41) is 17.3. The van der Waals surface area contributed by atoms with Crippen LogP contribution in [-0.4, -0.2) is 25.3 Å². The minimum atomic E-state index is -1.56. The first-order chi connectivity index (χ1) is 23.9. The first-order valence-electron chi connectivity index (χ1n) is 17.1. The van der Waals surface area contributed by atoms with Crippen LogP contribution < -0.4 is 10.4 Å². The maximum atomic E-state index is 9.44. The fraction of sp³-hybridized carbons (Fsp3) is 0.136. The average Bonchev–Trinajstić information content (AvgIpc) is 3.62. The van der Waals surface area contributed by atoms with Gasteiger partial charge in [0.15, 0.2) is 5.69 Å². The van der Waals surface area contributed by atoms with Gasteiger partial charge in [0.2, 0.25) is 0 Å². The smallest absolute Gasteiger partial charge is 0.187 e. The van der Waals surface area contributed by atoms with Crippen molar-refractivity contribution >= 4 is 75.8 Å². The lowest BCUT2D eigenvalue weighted by Gasteiger charge is -2.17. The summed E-state index contributed by atoms with van der Waals surface area (Å²) in [6.45, 7) is 21.8. The Hall–Kier alpha value is -5.67. The minimum Gasteiger partial charge on any atom is -0.309 e. The van der Waals surface area contributed by atoms with E-state index in [1.807, 2.05) is 36.4 Å². The van der Waals surface area contributed by atoms with Crippen LogP contribution in [-0.2, 0) is 0 Å². The van der Waals surface area contributed by atoms with E-state index in [0.717, 1.165) is 22.4 Å². The molecule has 0 bridgehead atoms. The van der Waals surface area contributed by atoms with Crippen molar-refractivity contribution < 1.29 is 0 Å². The maximum Gasteiger partial charge on any atom is 0.187 e. The molecule has 8 aromatic rings. The second-order valence-corrected chi connectivity index (χ2v) is 25.5. The van der Waals surface area contributed by atoms with Gasteiger partial charge in [-0.1, -0.05) is 98.2 Å². The topological polar surface area (TPSA) is 38.0 Å². The summed E-state index contributed by atoms with van der Waals surface area (Å²) in [5.74, 6) is 0. The normalized spacial score (nSPS) is 12.2. The Morgan fingerprint density at radius 2 is 0.880 bits per heavy atom. The van der Waals surface area contributed by atoms with Gasteiger partial charge in [-0.25, -0.2) is 4.85 Å². The summed E-state index contributed by atoms with van der Waals surface area (Å²) in [5.41, 5.74) is 10.4. The molecule has 0 spiro atoms. The number of fused-ring (bicyclic) bond motifs is 6. The van der Waals surface area contributed by atoms with Gasteiger partial charge in [0.25, 0.3) is 0 Å². The first kappa shape index (κ1) is 31.6. The number of hydrogen-bond donors (Lipinski definition) is 0. The molecule has 0 aliphatic carbocycles. The van der Waals surface area contributed by atoms with Gasteiger partial charge in [-0.2, -0.15) is 5.26 Å². The molecule has 50 heavy (non-hydrogen) atoms. The number of benzene rings is 6. The molecule has 0 N–H and O–H groups in total. The number of nitriles is 1. The molecular formula is C44H38N4Si2. The molecule has 0 radical (unpaired) electrons. The fourth-order valence-electron chi connectivity index (χ4n) is 7.26. The molecule has 2 aromatic heterocycles. The molecule has 0 aliphatic heterocycles. The van der Waals surface area contributed by atoms with E-state index in [1.54, 1.807) is 0 Å². The Balaban J connectivity index is 1.37. The van der Waals surface area contributed by atoms with Crippen LogP contribution in [0.3, 0.4) is 0 Å². The predicted octanol–water partition coefficient (Wildman–Crippen LogP) is 11.1. The van der Waals surface area contributed by atoms with E-state index >= 15 is 0 Å². The average molecular weight is 679 g/mol. The third-order valence-electron chi connectivity index (χ3n) is 10.1. The summed E-state index contributed by atoms with van der Waals surface area (Å²) < 4.78 is 4.67. The third-order valence-corrected chi connectivity index (χ3v) is 14.2. The Morgan fingerprint density at radius 1 is 0.500 bits per heavy atom. The van der Waals surface area contributed by atoms with Gasteiger partial charge in [-0.15, -0.1) is 0 Å². The van der Waals surface area contributed by atoms with Crippen molar-refractivity contribution in [2.24, 2.45) is 0 Å². The largest absolute Gasteiger partial charge is 0.309 e. The zero-order chi connectivity index (χ0) is 34.9. The van der Waals surface area contributed by atoms with E-state index in [1.165, 1.54) is 54.1 Å². The van der Waals surface area contributed by atoms with Crippen molar-refractivity contribution in [3.05, 3.63) is 138 Å². The number of nitrogens with zero attached hydrogens (tertiary/aromatic N) is 4. The van der Waals surface area contributed by atoms with Gasteiger partial charge in [-0.3, -0.25) is 0 Å². The lowest BCUT2D eigenvalue weighted by atomic mass is 10.0. The predicted molar refractivity (Wildman–Crippen MR) is 217 cm³/mol. The highest BCUT2D eigenvalue weighted by atomic mass is 28.3. The zero-order valence-corrected chi connectivity index (χ0v) is 31.3. The molecule has 0 amide bonds. The lowest BCUT2D eigenvalue weighted by molar-refractivity contribution is 1.18. The summed E-state index contributed by atoms with van der Waals surface area (Å²) in [6.07, 6.45) is 0. The molecule has 0 saturated heterocycles. The zero-order valence-electron chi connectivity index (χ0n) is 29.3. The minimum absolute atomic E-state index is 0.644. The van der Waals surface area contributed by atoms with Crippen LogP contribution in [0.5, 0.6) is 0 Å². The third kappa shape index (κ3) is 5.17.